The van der Waals surface area contributed by atoms with Crippen LogP contribution in [0, 0.1) is 5.92 Å². The molecular formula is C21H30N2O4. The fourth-order valence-corrected chi connectivity index (χ4v) is 2.73. The number of carbonyl (C=O) groups excluding carboxylic acids is 2. The molecule has 0 bridgehead atoms. The maximum atomic E-state index is 12.6. The molecule has 0 saturated heterocycles. The van der Waals surface area contributed by atoms with Crippen molar-refractivity contribution in [1.82, 2.24) is 10.2 Å². The monoisotopic (exact) mass is 374 g/mol. The van der Waals surface area contributed by atoms with Crippen LogP contribution >= 0.6 is 0 Å². The number of amides is 2. The summed E-state index contributed by atoms with van der Waals surface area (Å²) in [7, 11) is 1.62. The Morgan fingerprint density at radius 2 is 1.74 bits per heavy atom. The van der Waals surface area contributed by atoms with Crippen LogP contribution in [0.1, 0.15) is 40.2 Å². The average molecular weight is 374 g/mol. The van der Waals surface area contributed by atoms with Gasteiger partial charge in [-0.05, 0) is 32.3 Å². The van der Waals surface area contributed by atoms with Gasteiger partial charge in [-0.1, -0.05) is 50.3 Å². The van der Waals surface area contributed by atoms with Crippen molar-refractivity contribution in [3.05, 3.63) is 47.5 Å². The molecular weight excluding hydrogens is 344 g/mol. The zero-order valence-electron chi connectivity index (χ0n) is 16.9. The largest absolute Gasteiger partial charge is 0.478 e. The van der Waals surface area contributed by atoms with Crippen molar-refractivity contribution in [2.45, 2.75) is 46.1 Å². The average Bonchev–Trinajstić information content (AvgIpc) is 2.63. The van der Waals surface area contributed by atoms with Crippen LogP contribution in [0.2, 0.25) is 0 Å². The molecule has 1 atom stereocenters. The number of hydrogen-bond acceptors (Lipinski definition) is 3. The topological polar surface area (TPSA) is 86.7 Å². The second-order valence-corrected chi connectivity index (χ2v) is 7.57. The molecule has 27 heavy (non-hydrogen) atoms. The predicted molar refractivity (Wildman–Crippen MR) is 105 cm³/mol. The molecule has 6 heteroatoms. The molecule has 148 valence electrons. The van der Waals surface area contributed by atoms with Gasteiger partial charge < -0.3 is 15.3 Å². The standard InChI is InChI=1S/C21H30N2O4/c1-14(2)17(12-15(3)19(25)26)23(6)18(24)13-22-20(27)21(4,5)16-10-8-7-9-11-16/h7-12,14,17H,13H2,1-6H3,(H,22,27)(H,25,26)/b15-12+/t17-/m1/s1. The second-order valence-electron chi connectivity index (χ2n) is 7.57. The van der Waals surface area contributed by atoms with Crippen molar-refractivity contribution in [1.29, 1.82) is 0 Å². The van der Waals surface area contributed by atoms with E-state index >= 15 is 0 Å². The number of carbonyl (C=O) groups is 3. The first kappa shape index (κ1) is 22.4. The molecule has 0 aliphatic carbocycles. The third kappa shape index (κ3) is 5.94. The summed E-state index contributed by atoms with van der Waals surface area (Å²) in [6.07, 6.45) is 1.57. The van der Waals surface area contributed by atoms with E-state index in [-0.39, 0.29) is 35.9 Å². The van der Waals surface area contributed by atoms with Crippen molar-refractivity contribution in [3.8, 4) is 0 Å². The normalized spacial score (nSPS) is 13.2. The number of likely N-dealkylation sites (N-methyl/N-ethyl adjacent to an activating group) is 1. The lowest BCUT2D eigenvalue weighted by Crippen LogP contribution is -2.48. The summed E-state index contributed by atoms with van der Waals surface area (Å²) >= 11 is 0. The minimum atomic E-state index is -1.01. The number of benzene rings is 1. The summed E-state index contributed by atoms with van der Waals surface area (Å²) in [4.78, 5) is 37.7. The molecule has 0 aliphatic rings. The van der Waals surface area contributed by atoms with E-state index in [2.05, 4.69) is 5.32 Å². The molecule has 0 aromatic heterocycles. The second kappa shape index (κ2) is 9.35. The van der Waals surface area contributed by atoms with Crippen molar-refractivity contribution >= 4 is 17.8 Å². The van der Waals surface area contributed by atoms with Gasteiger partial charge in [0.2, 0.25) is 11.8 Å². The van der Waals surface area contributed by atoms with E-state index < -0.39 is 11.4 Å². The number of nitrogens with one attached hydrogen (secondary N) is 1. The number of rotatable bonds is 8. The fourth-order valence-electron chi connectivity index (χ4n) is 2.73. The first-order valence-electron chi connectivity index (χ1n) is 8.99. The van der Waals surface area contributed by atoms with Crippen LogP contribution in [0.4, 0.5) is 0 Å². The maximum Gasteiger partial charge on any atom is 0.331 e. The predicted octanol–water partition coefficient (Wildman–Crippen LogP) is 2.59. The van der Waals surface area contributed by atoms with E-state index in [1.807, 2.05) is 58.0 Å². The summed E-state index contributed by atoms with van der Waals surface area (Å²) in [6, 6.07) is 9.01. The van der Waals surface area contributed by atoms with Crippen LogP contribution in [-0.4, -0.2) is 47.4 Å². The van der Waals surface area contributed by atoms with Crippen LogP contribution in [-0.2, 0) is 19.8 Å². The van der Waals surface area contributed by atoms with Crippen molar-refractivity contribution < 1.29 is 19.5 Å². The number of aliphatic carboxylic acids is 1. The molecule has 0 radical (unpaired) electrons. The van der Waals surface area contributed by atoms with Gasteiger partial charge >= 0.3 is 5.97 Å². The molecule has 0 unspecified atom stereocenters. The first-order valence-corrected chi connectivity index (χ1v) is 8.99. The fraction of sp³-hybridized carbons (Fsp3) is 0.476. The molecule has 1 aromatic carbocycles. The minimum Gasteiger partial charge on any atom is -0.478 e. The van der Waals surface area contributed by atoms with Crippen LogP contribution in [0.15, 0.2) is 42.0 Å². The highest BCUT2D eigenvalue weighted by atomic mass is 16.4. The zero-order valence-corrected chi connectivity index (χ0v) is 16.9. The Morgan fingerprint density at radius 3 is 2.22 bits per heavy atom. The third-order valence-corrected chi connectivity index (χ3v) is 4.75. The Labute approximate surface area is 161 Å². The van der Waals surface area contributed by atoms with Crippen molar-refractivity contribution in [3.63, 3.8) is 0 Å². The van der Waals surface area contributed by atoms with Gasteiger partial charge in [-0.25, -0.2) is 4.79 Å². The van der Waals surface area contributed by atoms with Gasteiger partial charge in [0.15, 0.2) is 0 Å². The lowest BCUT2D eigenvalue weighted by Gasteiger charge is -2.30. The summed E-state index contributed by atoms with van der Waals surface area (Å²) < 4.78 is 0. The maximum absolute atomic E-state index is 12.6. The van der Waals surface area contributed by atoms with Crippen molar-refractivity contribution in [2.75, 3.05) is 13.6 Å². The van der Waals surface area contributed by atoms with Crippen LogP contribution in [0.25, 0.3) is 0 Å². The lowest BCUT2D eigenvalue weighted by atomic mass is 9.84. The van der Waals surface area contributed by atoms with E-state index in [1.54, 1.807) is 13.1 Å². The highest BCUT2D eigenvalue weighted by Gasteiger charge is 2.30. The Balaban J connectivity index is 2.81. The van der Waals surface area contributed by atoms with Gasteiger partial charge in [-0.15, -0.1) is 0 Å². The SMILES string of the molecule is C/C(=C\[C@H](C(C)C)N(C)C(=O)CNC(=O)C(C)(C)c1ccccc1)C(=O)O. The van der Waals surface area contributed by atoms with Gasteiger partial charge in [0.05, 0.1) is 18.0 Å². The van der Waals surface area contributed by atoms with Crippen LogP contribution < -0.4 is 5.32 Å². The molecule has 2 amide bonds. The highest BCUT2D eigenvalue weighted by molar-refractivity contribution is 5.91. The molecule has 0 aliphatic heterocycles. The third-order valence-electron chi connectivity index (χ3n) is 4.75. The van der Waals surface area contributed by atoms with E-state index in [0.717, 1.165) is 5.56 Å². The molecule has 0 heterocycles. The number of hydrogen-bond donors (Lipinski definition) is 2. The molecule has 0 spiro atoms. The van der Waals surface area contributed by atoms with Gasteiger partial charge in [0, 0.05) is 12.6 Å². The van der Waals surface area contributed by atoms with E-state index in [9.17, 15) is 14.4 Å². The molecule has 1 aromatic rings. The van der Waals surface area contributed by atoms with Gasteiger partial charge in [0.1, 0.15) is 0 Å². The Morgan fingerprint density at radius 1 is 1.19 bits per heavy atom. The van der Waals surface area contributed by atoms with Gasteiger partial charge in [-0.2, -0.15) is 0 Å². The summed E-state index contributed by atoms with van der Waals surface area (Å²) in [5.74, 6) is -1.50. The summed E-state index contributed by atoms with van der Waals surface area (Å²) in [6.45, 7) is 8.80. The zero-order chi connectivity index (χ0) is 20.8. The summed E-state index contributed by atoms with van der Waals surface area (Å²) in [5, 5.41) is 11.8. The molecule has 6 nitrogen and oxygen atoms in total. The molecule has 0 fully saturated rings. The smallest absolute Gasteiger partial charge is 0.331 e. The van der Waals surface area contributed by atoms with E-state index in [0.29, 0.717) is 0 Å². The van der Waals surface area contributed by atoms with Crippen LogP contribution in [0.5, 0.6) is 0 Å². The number of nitrogens with zero attached hydrogens (tertiary/aromatic N) is 1. The summed E-state index contributed by atoms with van der Waals surface area (Å²) in [5.41, 5.74) is 0.281. The minimum absolute atomic E-state index is 0.0321. The number of carboxylic acids is 1. The quantitative estimate of drug-likeness (QED) is 0.685. The first-order chi connectivity index (χ1) is 12.5. The van der Waals surface area contributed by atoms with Crippen molar-refractivity contribution in [2.24, 2.45) is 5.92 Å². The number of carboxylic acid groups (broad SMARTS) is 1. The molecule has 2 N–H and O–H groups in total. The Kier molecular flexibility index (Phi) is 7.76. The van der Waals surface area contributed by atoms with Crippen LogP contribution in [0.3, 0.4) is 0 Å². The lowest BCUT2D eigenvalue weighted by molar-refractivity contribution is -0.135. The Bertz CT molecular complexity index is 708. The van der Waals surface area contributed by atoms with Gasteiger partial charge in [-0.3, -0.25) is 9.59 Å². The molecule has 0 saturated carbocycles. The Hall–Kier alpha value is -2.63. The van der Waals surface area contributed by atoms with E-state index in [4.69, 9.17) is 5.11 Å². The highest BCUT2D eigenvalue weighted by Crippen LogP contribution is 2.23. The molecule has 1 rings (SSSR count). The van der Waals surface area contributed by atoms with Gasteiger partial charge in [0.25, 0.3) is 0 Å². The van der Waals surface area contributed by atoms with E-state index in [1.165, 1.54) is 11.8 Å².